The highest BCUT2D eigenvalue weighted by atomic mass is 16.2. The van der Waals surface area contributed by atoms with E-state index in [0.717, 1.165) is 13.1 Å². The van der Waals surface area contributed by atoms with Gasteiger partial charge in [-0.15, -0.1) is 0 Å². The minimum absolute atomic E-state index is 0.275. The normalized spacial score (nSPS) is 21.7. The number of hydrogen-bond donors (Lipinski definition) is 1. The molecule has 0 spiro atoms. The van der Waals surface area contributed by atoms with Crippen LogP contribution in [0.15, 0.2) is 0 Å². The van der Waals surface area contributed by atoms with E-state index >= 15 is 0 Å². The minimum atomic E-state index is 0.275. The third kappa shape index (κ3) is 4.65. The van der Waals surface area contributed by atoms with Crippen LogP contribution in [0.2, 0.25) is 0 Å². The summed E-state index contributed by atoms with van der Waals surface area (Å²) in [5.74, 6) is 0.733. The van der Waals surface area contributed by atoms with Gasteiger partial charge in [0.1, 0.15) is 0 Å². The number of nitrogens with zero attached hydrogens (tertiary/aromatic N) is 1. The molecule has 88 valence electrons. The lowest BCUT2D eigenvalue weighted by Crippen LogP contribution is -2.44. The Bertz CT molecular complexity index is 198. The van der Waals surface area contributed by atoms with Crippen molar-refractivity contribution in [2.45, 2.75) is 45.6 Å². The van der Waals surface area contributed by atoms with Gasteiger partial charge in [-0.2, -0.15) is 0 Å². The van der Waals surface area contributed by atoms with Gasteiger partial charge in [-0.1, -0.05) is 20.3 Å². The summed E-state index contributed by atoms with van der Waals surface area (Å²) in [4.78, 5) is 13.6. The van der Waals surface area contributed by atoms with Crippen molar-refractivity contribution in [1.82, 2.24) is 10.2 Å². The van der Waals surface area contributed by atoms with Gasteiger partial charge in [-0.05, 0) is 25.3 Å². The third-order valence-corrected chi connectivity index (χ3v) is 2.92. The average molecular weight is 212 g/mol. The van der Waals surface area contributed by atoms with Crippen LogP contribution in [-0.2, 0) is 4.79 Å². The molecule has 0 radical (unpaired) electrons. The van der Waals surface area contributed by atoms with Crippen molar-refractivity contribution in [2.24, 2.45) is 5.92 Å². The lowest BCUT2D eigenvalue weighted by Gasteiger charge is -2.28. The van der Waals surface area contributed by atoms with Crippen molar-refractivity contribution in [3.8, 4) is 0 Å². The number of carbonyl (C=O) groups excluding carboxylic acids is 1. The zero-order chi connectivity index (χ0) is 11.3. The van der Waals surface area contributed by atoms with Gasteiger partial charge in [0.25, 0.3) is 0 Å². The van der Waals surface area contributed by atoms with Gasteiger partial charge in [0, 0.05) is 26.1 Å². The van der Waals surface area contributed by atoms with Crippen molar-refractivity contribution in [2.75, 3.05) is 20.1 Å². The molecular formula is C12H24N2O. The maximum absolute atomic E-state index is 11.7. The van der Waals surface area contributed by atoms with Gasteiger partial charge < -0.3 is 10.2 Å². The smallest absolute Gasteiger partial charge is 0.222 e. The first-order valence-electron chi connectivity index (χ1n) is 6.07. The summed E-state index contributed by atoms with van der Waals surface area (Å²) in [6.07, 6.45) is 4.45. The van der Waals surface area contributed by atoms with Gasteiger partial charge in [0.15, 0.2) is 0 Å². The molecule has 0 bridgehead atoms. The first-order valence-corrected chi connectivity index (χ1v) is 6.07. The fourth-order valence-corrected chi connectivity index (χ4v) is 2.02. The predicted octanol–water partition coefficient (Wildman–Crippen LogP) is 1.63. The van der Waals surface area contributed by atoms with Crippen LogP contribution in [0.3, 0.4) is 0 Å². The highest BCUT2D eigenvalue weighted by Crippen LogP contribution is 2.09. The topological polar surface area (TPSA) is 32.3 Å². The maximum Gasteiger partial charge on any atom is 0.222 e. The second-order valence-electron chi connectivity index (χ2n) is 5.02. The first-order chi connectivity index (χ1) is 7.09. The summed E-state index contributed by atoms with van der Waals surface area (Å²) in [7, 11) is 1.92. The zero-order valence-electron chi connectivity index (χ0n) is 10.3. The number of likely N-dealkylation sites (N-methyl/N-ethyl adjacent to an activating group) is 1. The van der Waals surface area contributed by atoms with Gasteiger partial charge in [0.2, 0.25) is 5.91 Å². The Morgan fingerprint density at radius 3 is 2.73 bits per heavy atom. The van der Waals surface area contributed by atoms with E-state index in [4.69, 9.17) is 0 Å². The highest BCUT2D eigenvalue weighted by Gasteiger charge is 2.17. The maximum atomic E-state index is 11.7. The standard InChI is InChI=1S/C12H24N2O/c1-10(2)8-12(15)14(3)9-11-6-4-5-7-13-11/h10-11,13H,4-9H2,1-3H3. The largest absolute Gasteiger partial charge is 0.344 e. The quantitative estimate of drug-likeness (QED) is 0.768. The lowest BCUT2D eigenvalue weighted by molar-refractivity contribution is -0.131. The van der Waals surface area contributed by atoms with Crippen LogP contribution in [-0.4, -0.2) is 37.0 Å². The SMILES string of the molecule is CC(C)CC(=O)N(C)CC1CCCCN1. The molecule has 0 aromatic rings. The third-order valence-electron chi connectivity index (χ3n) is 2.92. The Labute approximate surface area is 93.2 Å². The summed E-state index contributed by atoms with van der Waals surface area (Å²) in [5.41, 5.74) is 0. The van der Waals surface area contributed by atoms with Gasteiger partial charge in [-0.3, -0.25) is 4.79 Å². The Morgan fingerprint density at radius 1 is 1.47 bits per heavy atom. The molecule has 0 saturated carbocycles. The molecule has 0 aromatic carbocycles. The number of nitrogens with one attached hydrogen (secondary N) is 1. The Hall–Kier alpha value is -0.570. The monoisotopic (exact) mass is 212 g/mol. The van der Waals surface area contributed by atoms with Gasteiger partial charge in [-0.25, -0.2) is 0 Å². The molecule has 1 fully saturated rings. The number of carbonyl (C=O) groups is 1. The molecular weight excluding hydrogens is 188 g/mol. The van der Waals surface area contributed by atoms with E-state index in [1.165, 1.54) is 19.3 Å². The van der Waals surface area contributed by atoms with E-state index in [1.807, 2.05) is 11.9 Å². The fourth-order valence-electron chi connectivity index (χ4n) is 2.02. The van der Waals surface area contributed by atoms with E-state index in [-0.39, 0.29) is 5.91 Å². The number of amides is 1. The van der Waals surface area contributed by atoms with Crippen LogP contribution >= 0.6 is 0 Å². The van der Waals surface area contributed by atoms with Gasteiger partial charge in [0.05, 0.1) is 0 Å². The molecule has 0 aliphatic carbocycles. The molecule has 15 heavy (non-hydrogen) atoms. The van der Waals surface area contributed by atoms with Crippen molar-refractivity contribution >= 4 is 5.91 Å². The van der Waals surface area contributed by atoms with Crippen LogP contribution in [0.5, 0.6) is 0 Å². The molecule has 1 atom stereocenters. The molecule has 3 heteroatoms. The molecule has 1 aliphatic rings. The Morgan fingerprint density at radius 2 is 2.20 bits per heavy atom. The van der Waals surface area contributed by atoms with Crippen LogP contribution in [0.25, 0.3) is 0 Å². The molecule has 1 amide bonds. The zero-order valence-corrected chi connectivity index (χ0v) is 10.3. The van der Waals surface area contributed by atoms with E-state index in [9.17, 15) is 4.79 Å². The summed E-state index contributed by atoms with van der Waals surface area (Å²) in [5, 5.41) is 3.46. The lowest BCUT2D eigenvalue weighted by atomic mass is 10.0. The molecule has 3 nitrogen and oxygen atoms in total. The van der Waals surface area contributed by atoms with E-state index in [1.54, 1.807) is 0 Å². The van der Waals surface area contributed by atoms with Crippen LogP contribution in [0, 0.1) is 5.92 Å². The summed E-state index contributed by atoms with van der Waals surface area (Å²) < 4.78 is 0. The predicted molar refractivity (Wildman–Crippen MR) is 62.7 cm³/mol. The van der Waals surface area contributed by atoms with E-state index in [0.29, 0.717) is 18.4 Å². The average Bonchev–Trinajstić information content (AvgIpc) is 2.18. The van der Waals surface area contributed by atoms with Crippen LogP contribution in [0.1, 0.15) is 39.5 Å². The molecule has 1 saturated heterocycles. The summed E-state index contributed by atoms with van der Waals surface area (Å²) in [6, 6.07) is 0.514. The highest BCUT2D eigenvalue weighted by molar-refractivity contribution is 5.76. The molecule has 1 aliphatic heterocycles. The van der Waals surface area contributed by atoms with Crippen molar-refractivity contribution in [1.29, 1.82) is 0 Å². The minimum Gasteiger partial charge on any atom is -0.344 e. The van der Waals surface area contributed by atoms with Crippen LogP contribution < -0.4 is 5.32 Å². The molecule has 1 rings (SSSR count). The number of piperidine rings is 1. The molecule has 1 N–H and O–H groups in total. The Balaban J connectivity index is 2.26. The molecule has 0 aromatic heterocycles. The second-order valence-corrected chi connectivity index (χ2v) is 5.02. The molecule has 1 unspecified atom stereocenters. The summed E-state index contributed by atoms with van der Waals surface area (Å²) >= 11 is 0. The number of hydrogen-bond acceptors (Lipinski definition) is 2. The number of rotatable bonds is 4. The molecule has 1 heterocycles. The fraction of sp³-hybridized carbons (Fsp3) is 0.917. The van der Waals surface area contributed by atoms with Crippen molar-refractivity contribution < 1.29 is 4.79 Å². The second kappa shape index (κ2) is 6.11. The summed E-state index contributed by atoms with van der Waals surface area (Å²) in [6.45, 7) is 6.15. The Kier molecular flexibility index (Phi) is 5.09. The first kappa shape index (κ1) is 12.5. The van der Waals surface area contributed by atoms with E-state index < -0.39 is 0 Å². The van der Waals surface area contributed by atoms with Crippen molar-refractivity contribution in [3.63, 3.8) is 0 Å². The van der Waals surface area contributed by atoms with Crippen molar-refractivity contribution in [3.05, 3.63) is 0 Å². The van der Waals surface area contributed by atoms with Crippen LogP contribution in [0.4, 0.5) is 0 Å². The van der Waals surface area contributed by atoms with Gasteiger partial charge >= 0.3 is 0 Å². The van der Waals surface area contributed by atoms with E-state index in [2.05, 4.69) is 19.2 Å².